The van der Waals surface area contributed by atoms with Gasteiger partial charge < -0.3 is 0 Å². The lowest BCUT2D eigenvalue weighted by Gasteiger charge is -2.15. The van der Waals surface area contributed by atoms with Gasteiger partial charge in [-0.05, 0) is 43.0 Å². The lowest BCUT2D eigenvalue weighted by Crippen LogP contribution is -2.26. The van der Waals surface area contributed by atoms with E-state index in [0.717, 1.165) is 17.9 Å². The highest BCUT2D eigenvalue weighted by Crippen LogP contribution is 2.15. The highest BCUT2D eigenvalue weighted by atomic mass is 35.5. The number of rotatable bonds is 4. The van der Waals surface area contributed by atoms with E-state index in [0.29, 0.717) is 16.9 Å². The van der Waals surface area contributed by atoms with Crippen LogP contribution in [0.4, 0.5) is 0 Å². The van der Waals surface area contributed by atoms with Crippen LogP contribution in [0.3, 0.4) is 0 Å². The van der Waals surface area contributed by atoms with Gasteiger partial charge in [-0.2, -0.15) is 0 Å². The van der Waals surface area contributed by atoms with E-state index >= 15 is 0 Å². The predicted molar refractivity (Wildman–Crippen MR) is 83.8 cm³/mol. The molecule has 1 heterocycles. The molecule has 4 heteroatoms. The summed E-state index contributed by atoms with van der Waals surface area (Å²) in [6.07, 6.45) is 1.93. The molecule has 3 nitrogen and oxygen atoms in total. The molecule has 0 bridgehead atoms. The van der Waals surface area contributed by atoms with Gasteiger partial charge in [0.15, 0.2) is 0 Å². The van der Waals surface area contributed by atoms with Gasteiger partial charge in [0.05, 0.1) is 5.69 Å². The van der Waals surface area contributed by atoms with Crippen molar-refractivity contribution in [2.45, 2.75) is 34.2 Å². The van der Waals surface area contributed by atoms with Crippen LogP contribution in [0.25, 0.3) is 5.69 Å². The van der Waals surface area contributed by atoms with Gasteiger partial charge in [-0.15, -0.1) is 0 Å². The van der Waals surface area contributed by atoms with Crippen LogP contribution < -0.4 is 5.69 Å². The number of benzene rings is 1. The Morgan fingerprint density at radius 3 is 2.30 bits per heavy atom. The highest BCUT2D eigenvalue weighted by molar-refractivity contribution is 6.30. The smallest absolute Gasteiger partial charge is 0.298 e. The SMILES string of the molecule is Cc1cn(CC(C)C(C)C)c(=O)n1-c1ccc(Cl)cc1. The summed E-state index contributed by atoms with van der Waals surface area (Å²) in [5.41, 5.74) is 1.80. The fourth-order valence-electron chi connectivity index (χ4n) is 2.17. The molecule has 0 aliphatic carbocycles. The number of aryl methyl sites for hydroxylation is 1. The summed E-state index contributed by atoms with van der Waals surface area (Å²) in [6, 6.07) is 7.34. The fourth-order valence-corrected chi connectivity index (χ4v) is 2.30. The molecule has 108 valence electrons. The second-order valence-electron chi connectivity index (χ2n) is 5.74. The summed E-state index contributed by atoms with van der Waals surface area (Å²) < 4.78 is 3.53. The van der Waals surface area contributed by atoms with Crippen LogP contribution in [0.1, 0.15) is 26.5 Å². The molecule has 0 radical (unpaired) electrons. The number of hydrogen-bond donors (Lipinski definition) is 0. The minimum Gasteiger partial charge on any atom is -0.298 e. The molecule has 1 aromatic carbocycles. The molecule has 0 saturated carbocycles. The van der Waals surface area contributed by atoms with Crippen LogP contribution in [-0.4, -0.2) is 9.13 Å². The third-order valence-corrected chi connectivity index (χ3v) is 4.09. The van der Waals surface area contributed by atoms with E-state index in [1.165, 1.54) is 0 Å². The van der Waals surface area contributed by atoms with E-state index in [9.17, 15) is 4.79 Å². The third kappa shape index (κ3) is 2.98. The molecule has 0 spiro atoms. The zero-order valence-corrected chi connectivity index (χ0v) is 13.2. The summed E-state index contributed by atoms with van der Waals surface area (Å²) in [5, 5.41) is 0.673. The standard InChI is InChI=1S/C16H21ClN2O/c1-11(2)12(3)9-18-10-13(4)19(16(18)20)15-7-5-14(17)6-8-15/h5-8,10-12H,9H2,1-4H3. The van der Waals surface area contributed by atoms with Gasteiger partial charge in [0, 0.05) is 23.5 Å². The first kappa shape index (κ1) is 14.9. The van der Waals surface area contributed by atoms with Crippen LogP contribution >= 0.6 is 11.6 Å². The molecule has 1 aromatic heterocycles. The Labute approximate surface area is 124 Å². The number of halogens is 1. The highest BCUT2D eigenvalue weighted by Gasteiger charge is 2.14. The van der Waals surface area contributed by atoms with E-state index in [-0.39, 0.29) is 5.69 Å². The van der Waals surface area contributed by atoms with Crippen LogP contribution in [-0.2, 0) is 6.54 Å². The third-order valence-electron chi connectivity index (χ3n) is 3.84. The minimum absolute atomic E-state index is 0.0114. The van der Waals surface area contributed by atoms with Gasteiger partial charge in [0.2, 0.25) is 0 Å². The van der Waals surface area contributed by atoms with Crippen molar-refractivity contribution in [1.82, 2.24) is 9.13 Å². The Bertz CT molecular complexity index is 637. The maximum Gasteiger partial charge on any atom is 0.332 e. The van der Waals surface area contributed by atoms with Gasteiger partial charge in [-0.3, -0.25) is 9.13 Å². The lowest BCUT2D eigenvalue weighted by molar-refractivity contribution is 0.360. The first-order valence-corrected chi connectivity index (χ1v) is 7.32. The van der Waals surface area contributed by atoms with Crippen molar-refractivity contribution in [1.29, 1.82) is 0 Å². The maximum atomic E-state index is 12.5. The van der Waals surface area contributed by atoms with E-state index in [2.05, 4.69) is 20.8 Å². The molecule has 0 amide bonds. The van der Waals surface area contributed by atoms with E-state index < -0.39 is 0 Å². The van der Waals surface area contributed by atoms with Crippen molar-refractivity contribution in [3.63, 3.8) is 0 Å². The van der Waals surface area contributed by atoms with Crippen LogP contribution in [0.15, 0.2) is 35.3 Å². The number of nitrogens with zero attached hydrogens (tertiary/aromatic N) is 2. The minimum atomic E-state index is 0.0114. The summed E-state index contributed by atoms with van der Waals surface area (Å²) >= 11 is 5.89. The normalized spacial score (nSPS) is 12.9. The van der Waals surface area contributed by atoms with Crippen molar-refractivity contribution in [2.75, 3.05) is 0 Å². The predicted octanol–water partition coefficient (Wildman–Crippen LogP) is 3.89. The van der Waals surface area contributed by atoms with Gasteiger partial charge >= 0.3 is 5.69 Å². The topological polar surface area (TPSA) is 26.9 Å². The van der Waals surface area contributed by atoms with Gasteiger partial charge in [-0.1, -0.05) is 32.4 Å². The van der Waals surface area contributed by atoms with Gasteiger partial charge in [0.1, 0.15) is 0 Å². The second kappa shape index (κ2) is 5.88. The Morgan fingerprint density at radius 2 is 1.75 bits per heavy atom. The van der Waals surface area contributed by atoms with Crippen molar-refractivity contribution in [3.8, 4) is 5.69 Å². The zero-order valence-electron chi connectivity index (χ0n) is 12.4. The first-order valence-electron chi connectivity index (χ1n) is 6.95. The summed E-state index contributed by atoms with van der Waals surface area (Å²) in [6.45, 7) is 9.23. The summed E-state index contributed by atoms with van der Waals surface area (Å²) in [4.78, 5) is 12.5. The van der Waals surface area contributed by atoms with Crippen LogP contribution in [0.2, 0.25) is 5.02 Å². The number of imidazole rings is 1. The quantitative estimate of drug-likeness (QED) is 0.840. The maximum absolute atomic E-state index is 12.5. The summed E-state index contributed by atoms with van der Waals surface area (Å²) in [7, 11) is 0. The van der Waals surface area contributed by atoms with Crippen LogP contribution in [0, 0.1) is 18.8 Å². The molecular formula is C16H21ClN2O. The molecule has 20 heavy (non-hydrogen) atoms. The van der Waals surface area contributed by atoms with Gasteiger partial charge in [-0.25, -0.2) is 4.79 Å². The monoisotopic (exact) mass is 292 g/mol. The molecule has 0 aliphatic rings. The van der Waals surface area contributed by atoms with Crippen molar-refractivity contribution < 1.29 is 0 Å². The Kier molecular flexibility index (Phi) is 4.39. The van der Waals surface area contributed by atoms with E-state index in [1.807, 2.05) is 25.3 Å². The Morgan fingerprint density at radius 1 is 1.15 bits per heavy atom. The summed E-state index contributed by atoms with van der Waals surface area (Å²) in [5.74, 6) is 1.02. The van der Waals surface area contributed by atoms with E-state index in [1.54, 1.807) is 21.3 Å². The number of aromatic nitrogens is 2. The average Bonchev–Trinajstić information content (AvgIpc) is 2.66. The fraction of sp³-hybridized carbons (Fsp3) is 0.438. The Hall–Kier alpha value is -1.48. The van der Waals surface area contributed by atoms with Gasteiger partial charge in [0.25, 0.3) is 0 Å². The molecule has 0 aliphatic heterocycles. The molecule has 0 fully saturated rings. The van der Waals surface area contributed by atoms with Crippen molar-refractivity contribution >= 4 is 11.6 Å². The molecule has 2 rings (SSSR count). The molecule has 2 aromatic rings. The molecule has 0 saturated heterocycles. The van der Waals surface area contributed by atoms with E-state index in [4.69, 9.17) is 11.6 Å². The van der Waals surface area contributed by atoms with Crippen molar-refractivity contribution in [3.05, 3.63) is 51.7 Å². The first-order chi connectivity index (χ1) is 9.40. The average molecular weight is 293 g/mol. The molecule has 1 atom stereocenters. The van der Waals surface area contributed by atoms with Crippen molar-refractivity contribution in [2.24, 2.45) is 11.8 Å². The molecule has 0 N–H and O–H groups in total. The Balaban J connectivity index is 2.39. The second-order valence-corrected chi connectivity index (χ2v) is 6.17. The molecular weight excluding hydrogens is 272 g/mol. The molecule has 1 unspecified atom stereocenters. The lowest BCUT2D eigenvalue weighted by atomic mass is 9.98. The zero-order chi connectivity index (χ0) is 14.9. The number of hydrogen-bond acceptors (Lipinski definition) is 1. The van der Waals surface area contributed by atoms with Crippen LogP contribution in [0.5, 0.6) is 0 Å². The largest absolute Gasteiger partial charge is 0.332 e.